The molecule has 1 aromatic heterocycles. The second-order valence-electron chi connectivity index (χ2n) is 14.1. The number of aryl methyl sites for hydroxylation is 1. The molecule has 0 radical (unpaired) electrons. The van der Waals surface area contributed by atoms with Crippen molar-refractivity contribution in [3.8, 4) is 16.9 Å². The summed E-state index contributed by atoms with van der Waals surface area (Å²) in [6.45, 7) is 7.33. The normalized spacial score (nSPS) is 16.2. The first-order chi connectivity index (χ1) is 23.6. The molecule has 1 heterocycles. The van der Waals surface area contributed by atoms with E-state index in [4.69, 9.17) is 9.47 Å². The molecule has 50 heavy (non-hydrogen) atoms. The Morgan fingerprint density at radius 3 is 2.02 bits per heavy atom. The molecule has 0 bridgehead atoms. The van der Waals surface area contributed by atoms with E-state index in [9.17, 15) is 23.2 Å². The van der Waals surface area contributed by atoms with E-state index in [1.165, 1.54) is 4.90 Å². The Morgan fingerprint density at radius 1 is 0.840 bits per heavy atom. The zero-order chi connectivity index (χ0) is 36.5. The summed E-state index contributed by atoms with van der Waals surface area (Å²) in [4.78, 5) is 45.1. The summed E-state index contributed by atoms with van der Waals surface area (Å²) in [5.74, 6) is -0.957. The van der Waals surface area contributed by atoms with Crippen molar-refractivity contribution >= 4 is 39.3 Å². The standard InChI is InChI=1S/C39H45F2N3O5S/c1-23-33-30(40)18-19-31(41)35(33)50-34(23)37(46)44(29-16-14-28(15-17-29)43(7)38(47)49-39(2,3)4)22-27-21-26(13-20-32(27)48-8)24-9-11-25(12-10-24)36(45)42(5)6/h9-13,18-21,28-29H,14-17,22H2,1-8H3. The lowest BCUT2D eigenvalue weighted by atomic mass is 9.89. The molecule has 0 spiro atoms. The van der Waals surface area contributed by atoms with Gasteiger partial charge in [0, 0.05) is 56.3 Å². The van der Waals surface area contributed by atoms with Gasteiger partial charge in [0.2, 0.25) is 0 Å². The predicted molar refractivity (Wildman–Crippen MR) is 193 cm³/mol. The highest BCUT2D eigenvalue weighted by Crippen LogP contribution is 2.38. The lowest BCUT2D eigenvalue weighted by Crippen LogP contribution is -2.47. The van der Waals surface area contributed by atoms with Crippen LogP contribution in [-0.2, 0) is 11.3 Å². The van der Waals surface area contributed by atoms with Crippen molar-refractivity contribution in [2.75, 3.05) is 28.3 Å². The van der Waals surface area contributed by atoms with Gasteiger partial charge in [-0.25, -0.2) is 13.6 Å². The summed E-state index contributed by atoms with van der Waals surface area (Å²) in [5, 5.41) is 0.122. The van der Waals surface area contributed by atoms with E-state index in [0.29, 0.717) is 42.6 Å². The number of hydrogen-bond acceptors (Lipinski definition) is 6. The number of fused-ring (bicyclic) bond motifs is 1. The molecule has 8 nitrogen and oxygen atoms in total. The van der Waals surface area contributed by atoms with E-state index in [-0.39, 0.29) is 51.5 Å². The number of thiophene rings is 1. The van der Waals surface area contributed by atoms with Crippen LogP contribution in [0.2, 0.25) is 0 Å². The maximum atomic E-state index is 14.9. The fourth-order valence-electron chi connectivity index (χ4n) is 6.54. The van der Waals surface area contributed by atoms with E-state index in [2.05, 4.69) is 0 Å². The van der Waals surface area contributed by atoms with Crippen molar-refractivity contribution in [2.24, 2.45) is 0 Å². The van der Waals surface area contributed by atoms with Crippen LogP contribution in [0.15, 0.2) is 54.6 Å². The van der Waals surface area contributed by atoms with Gasteiger partial charge in [0.25, 0.3) is 11.8 Å². The van der Waals surface area contributed by atoms with Crippen LogP contribution < -0.4 is 4.74 Å². The highest BCUT2D eigenvalue weighted by Gasteiger charge is 2.35. The van der Waals surface area contributed by atoms with E-state index < -0.39 is 17.2 Å². The summed E-state index contributed by atoms with van der Waals surface area (Å²) in [5.41, 5.74) is 2.88. The zero-order valence-corrected chi connectivity index (χ0v) is 30.7. The molecule has 3 aromatic carbocycles. The summed E-state index contributed by atoms with van der Waals surface area (Å²) < 4.78 is 41.3. The van der Waals surface area contributed by atoms with Gasteiger partial charge in [0.15, 0.2) is 0 Å². The van der Waals surface area contributed by atoms with Crippen LogP contribution >= 0.6 is 11.3 Å². The molecule has 0 atom stereocenters. The van der Waals surface area contributed by atoms with Gasteiger partial charge in [0.1, 0.15) is 23.0 Å². The van der Waals surface area contributed by atoms with Crippen molar-refractivity contribution in [3.63, 3.8) is 0 Å². The van der Waals surface area contributed by atoms with Crippen LogP contribution in [0.5, 0.6) is 5.75 Å². The number of nitrogens with zero attached hydrogens (tertiary/aromatic N) is 3. The number of rotatable bonds is 8. The molecule has 0 N–H and O–H groups in total. The van der Waals surface area contributed by atoms with E-state index in [1.807, 2.05) is 51.1 Å². The van der Waals surface area contributed by atoms with Crippen molar-refractivity contribution in [2.45, 2.75) is 77.6 Å². The van der Waals surface area contributed by atoms with Crippen molar-refractivity contribution in [1.29, 1.82) is 0 Å². The molecular formula is C39H45F2N3O5S. The Bertz CT molecular complexity index is 1890. The first kappa shape index (κ1) is 36.8. The van der Waals surface area contributed by atoms with Gasteiger partial charge in [-0.15, -0.1) is 11.3 Å². The molecule has 5 rings (SSSR count). The van der Waals surface area contributed by atoms with Crippen molar-refractivity contribution in [1.82, 2.24) is 14.7 Å². The van der Waals surface area contributed by atoms with Crippen LogP contribution in [0.25, 0.3) is 21.2 Å². The molecule has 0 aliphatic heterocycles. The summed E-state index contributed by atoms with van der Waals surface area (Å²) in [6.07, 6.45) is 2.13. The molecule has 1 fully saturated rings. The summed E-state index contributed by atoms with van der Waals surface area (Å²) in [6, 6.07) is 15.0. The Morgan fingerprint density at radius 2 is 1.44 bits per heavy atom. The maximum Gasteiger partial charge on any atom is 0.410 e. The maximum absolute atomic E-state index is 14.9. The second kappa shape index (κ2) is 14.8. The number of carbonyl (C=O) groups excluding carboxylic acids is 3. The molecule has 3 amide bonds. The Kier molecular flexibility index (Phi) is 10.9. The SMILES string of the molecule is COc1ccc(-c2ccc(C(=O)N(C)C)cc2)cc1CN(C(=O)c1sc2c(F)ccc(F)c2c1C)C1CCC(N(C)C(=O)OC(C)(C)C)CC1. The minimum atomic E-state index is -0.619. The van der Waals surface area contributed by atoms with Crippen LogP contribution in [0, 0.1) is 18.6 Å². The molecule has 11 heteroatoms. The largest absolute Gasteiger partial charge is 0.496 e. The monoisotopic (exact) mass is 705 g/mol. The van der Waals surface area contributed by atoms with Crippen molar-refractivity contribution in [3.05, 3.63) is 87.8 Å². The molecule has 266 valence electrons. The molecule has 1 saturated carbocycles. The number of halogens is 2. The molecule has 1 aliphatic rings. The van der Waals surface area contributed by atoms with Crippen LogP contribution in [-0.4, -0.2) is 78.5 Å². The summed E-state index contributed by atoms with van der Waals surface area (Å²) >= 11 is 0.968. The van der Waals surface area contributed by atoms with Crippen LogP contribution in [0.3, 0.4) is 0 Å². The van der Waals surface area contributed by atoms with Gasteiger partial charge >= 0.3 is 6.09 Å². The first-order valence-electron chi connectivity index (χ1n) is 16.7. The van der Waals surface area contributed by atoms with Gasteiger partial charge in [-0.1, -0.05) is 18.2 Å². The zero-order valence-electron chi connectivity index (χ0n) is 29.9. The van der Waals surface area contributed by atoms with Gasteiger partial charge in [0.05, 0.1) is 16.7 Å². The second-order valence-corrected chi connectivity index (χ2v) is 15.1. The van der Waals surface area contributed by atoms with Gasteiger partial charge < -0.3 is 24.2 Å². The number of benzene rings is 3. The smallest absolute Gasteiger partial charge is 0.410 e. The van der Waals surface area contributed by atoms with Crippen molar-refractivity contribution < 1.29 is 32.6 Å². The lowest BCUT2D eigenvalue weighted by Gasteiger charge is -2.40. The minimum absolute atomic E-state index is 0.0625. The number of amides is 3. The van der Waals surface area contributed by atoms with E-state index in [0.717, 1.165) is 40.2 Å². The number of carbonyl (C=O) groups is 3. The van der Waals surface area contributed by atoms with E-state index >= 15 is 0 Å². The van der Waals surface area contributed by atoms with Crippen LogP contribution in [0.4, 0.5) is 13.6 Å². The molecule has 0 unspecified atom stereocenters. The highest BCUT2D eigenvalue weighted by atomic mass is 32.1. The Hall–Kier alpha value is -4.51. The number of hydrogen-bond donors (Lipinski definition) is 0. The average Bonchev–Trinajstić information content (AvgIpc) is 3.45. The predicted octanol–water partition coefficient (Wildman–Crippen LogP) is 8.69. The van der Waals surface area contributed by atoms with Gasteiger partial charge in [-0.2, -0.15) is 0 Å². The Balaban J connectivity index is 1.49. The average molecular weight is 706 g/mol. The topological polar surface area (TPSA) is 79.4 Å². The number of ether oxygens (including phenoxy) is 2. The van der Waals surface area contributed by atoms with Gasteiger partial charge in [-0.05, 0) is 106 Å². The highest BCUT2D eigenvalue weighted by molar-refractivity contribution is 7.21. The quantitative estimate of drug-likeness (QED) is 0.183. The summed E-state index contributed by atoms with van der Waals surface area (Å²) in [7, 11) is 6.73. The van der Waals surface area contributed by atoms with Gasteiger partial charge in [-0.3, -0.25) is 9.59 Å². The number of methoxy groups -OCH3 is 1. The molecular weight excluding hydrogens is 661 g/mol. The fraction of sp³-hybridized carbons (Fsp3) is 0.410. The minimum Gasteiger partial charge on any atom is -0.496 e. The first-order valence-corrected chi connectivity index (χ1v) is 17.5. The third-order valence-corrected chi connectivity index (χ3v) is 10.6. The Labute approximate surface area is 296 Å². The molecule has 0 saturated heterocycles. The third kappa shape index (κ3) is 7.78. The third-order valence-electron chi connectivity index (χ3n) is 9.26. The van der Waals surface area contributed by atoms with Crippen LogP contribution in [0.1, 0.15) is 77.6 Å². The lowest BCUT2D eigenvalue weighted by molar-refractivity contribution is 0.0144. The van der Waals surface area contributed by atoms with E-state index in [1.54, 1.807) is 57.1 Å². The fourth-order valence-corrected chi connectivity index (χ4v) is 7.73. The molecule has 4 aromatic rings. The molecule has 1 aliphatic carbocycles.